The summed E-state index contributed by atoms with van der Waals surface area (Å²) in [6.45, 7) is 4.54. The lowest BCUT2D eigenvalue weighted by Crippen LogP contribution is -2.44. The summed E-state index contributed by atoms with van der Waals surface area (Å²) in [7, 11) is 0. The van der Waals surface area contributed by atoms with Crippen LogP contribution in [-0.4, -0.2) is 54.5 Å². The van der Waals surface area contributed by atoms with E-state index in [9.17, 15) is 13.6 Å². The number of para-hydroxylation sites is 1. The third-order valence-corrected chi connectivity index (χ3v) is 6.02. The fourth-order valence-corrected chi connectivity index (χ4v) is 4.25. The molecule has 0 amide bonds. The van der Waals surface area contributed by atoms with Gasteiger partial charge in [-0.2, -0.15) is 0 Å². The number of hydrogen-bond donors (Lipinski definition) is 1. The zero-order chi connectivity index (χ0) is 24.1. The maximum atomic E-state index is 14.7. The molecule has 178 valence electrons. The standard InChI is InChI=1S/C24H22Cl2F2N4O2/c25-19-2-1-3-20(26)24(19)32-15-16(4-7-22(32)33)23(18-6-5-17(27)14-21(18)28)30-34-13-12-31-10-8-29-9-11-31/h1-7,14-15,29H,8-13H2/b30-23+. The van der Waals surface area contributed by atoms with Crippen molar-refractivity contribution in [1.29, 1.82) is 0 Å². The highest BCUT2D eigenvalue weighted by molar-refractivity contribution is 6.37. The van der Waals surface area contributed by atoms with Gasteiger partial charge in [0.15, 0.2) is 0 Å². The first-order valence-corrected chi connectivity index (χ1v) is 11.5. The number of rotatable bonds is 7. The van der Waals surface area contributed by atoms with Gasteiger partial charge in [-0.25, -0.2) is 8.78 Å². The first-order valence-electron chi connectivity index (χ1n) is 10.7. The molecule has 0 unspecified atom stereocenters. The van der Waals surface area contributed by atoms with Crippen molar-refractivity contribution in [3.05, 3.63) is 97.9 Å². The first kappa shape index (κ1) is 24.3. The van der Waals surface area contributed by atoms with Gasteiger partial charge >= 0.3 is 0 Å². The van der Waals surface area contributed by atoms with Crippen LogP contribution in [0.2, 0.25) is 10.0 Å². The van der Waals surface area contributed by atoms with E-state index in [1.165, 1.54) is 29.0 Å². The number of benzene rings is 2. The van der Waals surface area contributed by atoms with Crippen molar-refractivity contribution in [2.45, 2.75) is 0 Å². The second kappa shape index (κ2) is 11.1. The van der Waals surface area contributed by atoms with Crippen LogP contribution >= 0.6 is 23.2 Å². The van der Waals surface area contributed by atoms with Crippen molar-refractivity contribution < 1.29 is 13.6 Å². The van der Waals surface area contributed by atoms with Gasteiger partial charge in [-0.15, -0.1) is 0 Å². The van der Waals surface area contributed by atoms with Gasteiger partial charge in [-0.05, 0) is 30.3 Å². The van der Waals surface area contributed by atoms with Crippen LogP contribution in [-0.2, 0) is 4.84 Å². The quantitative estimate of drug-likeness (QED) is 0.297. The lowest BCUT2D eigenvalue weighted by atomic mass is 10.0. The van der Waals surface area contributed by atoms with Gasteiger partial charge in [0.1, 0.15) is 24.0 Å². The highest BCUT2D eigenvalue weighted by Crippen LogP contribution is 2.27. The molecule has 1 saturated heterocycles. The molecule has 1 fully saturated rings. The predicted molar refractivity (Wildman–Crippen MR) is 129 cm³/mol. The summed E-state index contributed by atoms with van der Waals surface area (Å²) in [6, 6.07) is 10.8. The van der Waals surface area contributed by atoms with E-state index in [-0.39, 0.29) is 33.6 Å². The zero-order valence-electron chi connectivity index (χ0n) is 18.1. The number of pyridine rings is 1. The molecule has 1 aliphatic heterocycles. The molecule has 34 heavy (non-hydrogen) atoms. The maximum absolute atomic E-state index is 14.7. The molecule has 0 aliphatic carbocycles. The van der Waals surface area contributed by atoms with Crippen molar-refractivity contribution in [2.24, 2.45) is 5.16 Å². The number of aromatic nitrogens is 1. The monoisotopic (exact) mass is 506 g/mol. The minimum Gasteiger partial charge on any atom is -0.394 e. The van der Waals surface area contributed by atoms with E-state index >= 15 is 0 Å². The summed E-state index contributed by atoms with van der Waals surface area (Å²) in [5.41, 5.74) is 0.394. The molecule has 0 bridgehead atoms. The van der Waals surface area contributed by atoms with Crippen molar-refractivity contribution in [1.82, 2.24) is 14.8 Å². The van der Waals surface area contributed by atoms with Crippen LogP contribution in [0.4, 0.5) is 8.78 Å². The second-order valence-electron chi connectivity index (χ2n) is 7.69. The Morgan fingerprint density at radius 1 is 1.06 bits per heavy atom. The predicted octanol–water partition coefficient (Wildman–Crippen LogP) is 4.10. The van der Waals surface area contributed by atoms with Gasteiger partial charge in [0.05, 0.1) is 15.7 Å². The average molecular weight is 507 g/mol. The third kappa shape index (κ3) is 5.64. The Hall–Kier alpha value is -2.78. The Bertz CT molecular complexity index is 1240. The molecular formula is C24H22Cl2F2N4O2. The lowest BCUT2D eigenvalue weighted by molar-refractivity contribution is 0.105. The molecule has 1 aromatic heterocycles. The number of nitrogens with one attached hydrogen (secondary N) is 1. The van der Waals surface area contributed by atoms with Crippen LogP contribution in [0.3, 0.4) is 0 Å². The highest BCUT2D eigenvalue weighted by Gasteiger charge is 2.18. The summed E-state index contributed by atoms with van der Waals surface area (Å²) in [4.78, 5) is 20.4. The largest absolute Gasteiger partial charge is 0.394 e. The van der Waals surface area contributed by atoms with E-state index in [2.05, 4.69) is 15.4 Å². The maximum Gasteiger partial charge on any atom is 0.255 e. The Morgan fingerprint density at radius 3 is 2.50 bits per heavy atom. The third-order valence-electron chi connectivity index (χ3n) is 5.41. The summed E-state index contributed by atoms with van der Waals surface area (Å²) in [6.07, 6.45) is 1.46. The van der Waals surface area contributed by atoms with E-state index in [0.29, 0.717) is 12.1 Å². The van der Waals surface area contributed by atoms with E-state index in [0.717, 1.165) is 38.3 Å². The van der Waals surface area contributed by atoms with E-state index in [4.69, 9.17) is 28.0 Å². The normalized spacial score (nSPS) is 14.9. The molecule has 2 aromatic carbocycles. The molecular weight excluding hydrogens is 485 g/mol. The van der Waals surface area contributed by atoms with Crippen molar-refractivity contribution in [3.63, 3.8) is 0 Å². The van der Waals surface area contributed by atoms with Crippen LogP contribution in [0.25, 0.3) is 5.69 Å². The molecule has 3 aromatic rings. The number of hydrogen-bond acceptors (Lipinski definition) is 5. The van der Waals surface area contributed by atoms with Gasteiger partial charge in [0, 0.05) is 62.2 Å². The summed E-state index contributed by atoms with van der Waals surface area (Å²) in [5, 5.41) is 8.00. The number of nitrogens with zero attached hydrogens (tertiary/aromatic N) is 3. The van der Waals surface area contributed by atoms with Crippen molar-refractivity contribution in [2.75, 3.05) is 39.3 Å². The second-order valence-corrected chi connectivity index (χ2v) is 8.50. The Labute approximate surface area is 205 Å². The molecule has 6 nitrogen and oxygen atoms in total. The SMILES string of the molecule is O=c1ccc(/C(=N\OCCN2CCNCC2)c2ccc(F)cc2F)cn1-c1c(Cl)cccc1Cl. The smallest absolute Gasteiger partial charge is 0.255 e. The first-order chi connectivity index (χ1) is 16.4. The average Bonchev–Trinajstić information content (AvgIpc) is 2.82. The van der Waals surface area contributed by atoms with Gasteiger partial charge in [-0.1, -0.05) is 34.4 Å². The molecule has 10 heteroatoms. The molecule has 2 heterocycles. The lowest BCUT2D eigenvalue weighted by Gasteiger charge is -2.26. The Balaban J connectivity index is 1.70. The molecule has 0 spiro atoms. The summed E-state index contributed by atoms with van der Waals surface area (Å²) < 4.78 is 29.5. The zero-order valence-corrected chi connectivity index (χ0v) is 19.6. The molecule has 1 aliphatic rings. The molecule has 0 saturated carbocycles. The Morgan fingerprint density at radius 2 is 1.79 bits per heavy atom. The number of halogens is 4. The molecule has 4 rings (SSSR count). The van der Waals surface area contributed by atoms with E-state index in [1.54, 1.807) is 18.2 Å². The summed E-state index contributed by atoms with van der Waals surface area (Å²) >= 11 is 12.6. The fourth-order valence-electron chi connectivity index (χ4n) is 3.67. The molecule has 1 N–H and O–H groups in total. The van der Waals surface area contributed by atoms with Crippen molar-refractivity contribution in [3.8, 4) is 5.69 Å². The van der Waals surface area contributed by atoms with Gasteiger partial charge in [-0.3, -0.25) is 14.3 Å². The van der Waals surface area contributed by atoms with Crippen molar-refractivity contribution >= 4 is 28.9 Å². The molecule has 0 atom stereocenters. The number of piperazine rings is 1. The molecule has 0 radical (unpaired) electrons. The fraction of sp³-hybridized carbons (Fsp3) is 0.250. The van der Waals surface area contributed by atoms with Crippen LogP contribution < -0.4 is 10.9 Å². The van der Waals surface area contributed by atoms with Crippen LogP contribution in [0, 0.1) is 11.6 Å². The van der Waals surface area contributed by atoms with Gasteiger partial charge < -0.3 is 10.2 Å². The van der Waals surface area contributed by atoms with Crippen LogP contribution in [0.15, 0.2) is 64.7 Å². The summed E-state index contributed by atoms with van der Waals surface area (Å²) in [5.74, 6) is -1.52. The van der Waals surface area contributed by atoms with Crippen LogP contribution in [0.1, 0.15) is 11.1 Å². The highest BCUT2D eigenvalue weighted by atomic mass is 35.5. The minimum atomic E-state index is -0.807. The van der Waals surface area contributed by atoms with E-state index < -0.39 is 17.2 Å². The van der Waals surface area contributed by atoms with Gasteiger partial charge in [0.25, 0.3) is 5.56 Å². The van der Waals surface area contributed by atoms with Gasteiger partial charge in [0.2, 0.25) is 0 Å². The minimum absolute atomic E-state index is 0.0269. The topological polar surface area (TPSA) is 58.9 Å². The van der Waals surface area contributed by atoms with Crippen LogP contribution in [0.5, 0.6) is 0 Å². The van der Waals surface area contributed by atoms with E-state index in [1.807, 2.05) is 0 Å². The number of oxime groups is 1. The Kier molecular flexibility index (Phi) is 7.95.